The highest BCUT2D eigenvalue weighted by atomic mass is 16.5. The van der Waals surface area contributed by atoms with Crippen LogP contribution in [0.5, 0.6) is 5.75 Å². The Morgan fingerprint density at radius 1 is 1.35 bits per heavy atom. The minimum absolute atomic E-state index is 0.588. The molecule has 1 amide bonds. The SMILES string of the molecule is CCOc1ccc(/C(C)=N/NC(=O)OC)cc1. The molecule has 17 heavy (non-hydrogen) atoms. The average molecular weight is 236 g/mol. The van der Waals surface area contributed by atoms with Crippen LogP contribution in [0.3, 0.4) is 0 Å². The number of ether oxygens (including phenoxy) is 2. The van der Waals surface area contributed by atoms with E-state index in [1.54, 1.807) is 6.92 Å². The van der Waals surface area contributed by atoms with E-state index in [4.69, 9.17) is 4.74 Å². The second kappa shape index (κ2) is 6.52. The monoisotopic (exact) mass is 236 g/mol. The van der Waals surface area contributed by atoms with Crippen molar-refractivity contribution >= 4 is 11.8 Å². The van der Waals surface area contributed by atoms with Crippen LogP contribution in [0.4, 0.5) is 4.79 Å². The molecule has 1 aromatic carbocycles. The van der Waals surface area contributed by atoms with Crippen LogP contribution < -0.4 is 10.2 Å². The number of amides is 1. The largest absolute Gasteiger partial charge is 0.494 e. The molecule has 92 valence electrons. The minimum Gasteiger partial charge on any atom is -0.494 e. The van der Waals surface area contributed by atoms with Gasteiger partial charge in [0.05, 0.1) is 19.4 Å². The van der Waals surface area contributed by atoms with Gasteiger partial charge in [0.1, 0.15) is 5.75 Å². The van der Waals surface area contributed by atoms with E-state index < -0.39 is 6.09 Å². The Bertz CT molecular complexity index is 399. The van der Waals surface area contributed by atoms with Gasteiger partial charge in [-0.05, 0) is 43.7 Å². The number of methoxy groups -OCH3 is 1. The molecule has 1 N–H and O–H groups in total. The fourth-order valence-electron chi connectivity index (χ4n) is 1.20. The fraction of sp³-hybridized carbons (Fsp3) is 0.333. The molecule has 0 fully saturated rings. The summed E-state index contributed by atoms with van der Waals surface area (Å²) in [5, 5.41) is 3.89. The summed E-state index contributed by atoms with van der Waals surface area (Å²) < 4.78 is 9.74. The van der Waals surface area contributed by atoms with Crippen LogP contribution in [-0.2, 0) is 4.74 Å². The first-order chi connectivity index (χ1) is 8.17. The summed E-state index contributed by atoms with van der Waals surface area (Å²) in [6.07, 6.45) is -0.588. The van der Waals surface area contributed by atoms with Crippen molar-refractivity contribution in [3.63, 3.8) is 0 Å². The lowest BCUT2D eigenvalue weighted by Gasteiger charge is -2.05. The number of hydrogen-bond donors (Lipinski definition) is 1. The van der Waals surface area contributed by atoms with Gasteiger partial charge in [0.2, 0.25) is 0 Å². The Hall–Kier alpha value is -2.04. The Morgan fingerprint density at radius 2 is 2.00 bits per heavy atom. The molecule has 0 heterocycles. The van der Waals surface area contributed by atoms with E-state index in [0.29, 0.717) is 12.3 Å². The molecule has 0 aliphatic carbocycles. The second-order valence-electron chi connectivity index (χ2n) is 3.26. The maximum atomic E-state index is 10.8. The first kappa shape index (κ1) is 13.0. The van der Waals surface area contributed by atoms with E-state index in [1.807, 2.05) is 31.2 Å². The molecule has 0 aromatic heterocycles. The van der Waals surface area contributed by atoms with Crippen LogP contribution in [-0.4, -0.2) is 25.5 Å². The fourth-order valence-corrected chi connectivity index (χ4v) is 1.20. The molecule has 5 nitrogen and oxygen atoms in total. The highest BCUT2D eigenvalue weighted by Gasteiger charge is 2.00. The van der Waals surface area contributed by atoms with E-state index in [1.165, 1.54) is 7.11 Å². The first-order valence-corrected chi connectivity index (χ1v) is 5.28. The number of carbonyl (C=O) groups excluding carboxylic acids is 1. The number of carbonyl (C=O) groups is 1. The van der Waals surface area contributed by atoms with Crippen LogP contribution in [0.2, 0.25) is 0 Å². The van der Waals surface area contributed by atoms with Gasteiger partial charge in [-0.1, -0.05) is 0 Å². The quantitative estimate of drug-likeness (QED) is 0.643. The van der Waals surface area contributed by atoms with Crippen molar-refractivity contribution in [2.75, 3.05) is 13.7 Å². The molecular weight excluding hydrogens is 220 g/mol. The van der Waals surface area contributed by atoms with Gasteiger partial charge in [0.15, 0.2) is 0 Å². The lowest BCUT2D eigenvalue weighted by atomic mass is 10.1. The van der Waals surface area contributed by atoms with Crippen molar-refractivity contribution in [1.82, 2.24) is 5.43 Å². The summed E-state index contributed by atoms with van der Waals surface area (Å²) in [5.74, 6) is 0.810. The van der Waals surface area contributed by atoms with Gasteiger partial charge in [-0.2, -0.15) is 5.10 Å². The van der Waals surface area contributed by atoms with Gasteiger partial charge in [0, 0.05) is 0 Å². The van der Waals surface area contributed by atoms with Crippen molar-refractivity contribution in [2.45, 2.75) is 13.8 Å². The van der Waals surface area contributed by atoms with Crippen molar-refractivity contribution in [2.24, 2.45) is 5.10 Å². The molecule has 0 spiro atoms. The highest BCUT2D eigenvalue weighted by Crippen LogP contribution is 2.12. The van der Waals surface area contributed by atoms with Crippen LogP contribution in [0.15, 0.2) is 29.4 Å². The Morgan fingerprint density at radius 3 is 2.53 bits per heavy atom. The predicted molar refractivity (Wildman–Crippen MR) is 65.4 cm³/mol. The van der Waals surface area contributed by atoms with Crippen molar-refractivity contribution in [3.05, 3.63) is 29.8 Å². The lowest BCUT2D eigenvalue weighted by Crippen LogP contribution is -2.18. The number of benzene rings is 1. The molecule has 0 radical (unpaired) electrons. The zero-order chi connectivity index (χ0) is 12.7. The topological polar surface area (TPSA) is 59.9 Å². The summed E-state index contributed by atoms with van der Waals surface area (Å²) >= 11 is 0. The molecule has 0 aliphatic rings. The van der Waals surface area contributed by atoms with E-state index in [-0.39, 0.29) is 0 Å². The van der Waals surface area contributed by atoms with E-state index in [0.717, 1.165) is 11.3 Å². The van der Waals surface area contributed by atoms with Gasteiger partial charge in [-0.15, -0.1) is 0 Å². The number of hydrogen-bond acceptors (Lipinski definition) is 4. The molecule has 0 saturated heterocycles. The summed E-state index contributed by atoms with van der Waals surface area (Å²) in [7, 11) is 1.29. The lowest BCUT2D eigenvalue weighted by molar-refractivity contribution is 0.171. The van der Waals surface area contributed by atoms with Crippen LogP contribution in [0, 0.1) is 0 Å². The third kappa shape index (κ3) is 4.14. The van der Waals surface area contributed by atoms with Gasteiger partial charge >= 0.3 is 6.09 Å². The first-order valence-electron chi connectivity index (χ1n) is 5.28. The van der Waals surface area contributed by atoms with Crippen LogP contribution in [0.25, 0.3) is 0 Å². The summed E-state index contributed by atoms with van der Waals surface area (Å²) in [5.41, 5.74) is 3.87. The average Bonchev–Trinajstić information content (AvgIpc) is 2.36. The summed E-state index contributed by atoms with van der Waals surface area (Å²) in [6, 6.07) is 7.47. The maximum absolute atomic E-state index is 10.8. The van der Waals surface area contributed by atoms with Gasteiger partial charge in [0.25, 0.3) is 0 Å². The number of rotatable bonds is 4. The maximum Gasteiger partial charge on any atom is 0.427 e. The highest BCUT2D eigenvalue weighted by molar-refractivity contribution is 5.99. The minimum atomic E-state index is -0.588. The van der Waals surface area contributed by atoms with E-state index >= 15 is 0 Å². The van der Waals surface area contributed by atoms with E-state index in [9.17, 15) is 4.79 Å². The van der Waals surface area contributed by atoms with Crippen molar-refractivity contribution < 1.29 is 14.3 Å². The molecular formula is C12H16N2O3. The molecule has 1 aromatic rings. The molecule has 0 aliphatic heterocycles. The predicted octanol–water partition coefficient (Wildman–Crippen LogP) is 2.17. The number of nitrogens with zero attached hydrogens (tertiary/aromatic N) is 1. The van der Waals surface area contributed by atoms with Gasteiger partial charge in [-0.25, -0.2) is 10.2 Å². The smallest absolute Gasteiger partial charge is 0.427 e. The molecule has 0 atom stereocenters. The molecule has 5 heteroatoms. The third-order valence-corrected chi connectivity index (χ3v) is 2.08. The van der Waals surface area contributed by atoms with Crippen LogP contribution >= 0.6 is 0 Å². The zero-order valence-corrected chi connectivity index (χ0v) is 10.2. The van der Waals surface area contributed by atoms with Gasteiger partial charge < -0.3 is 9.47 Å². The molecule has 0 bridgehead atoms. The van der Waals surface area contributed by atoms with Crippen LogP contribution in [0.1, 0.15) is 19.4 Å². The molecule has 0 saturated carbocycles. The van der Waals surface area contributed by atoms with Crippen molar-refractivity contribution in [1.29, 1.82) is 0 Å². The number of nitrogens with one attached hydrogen (secondary N) is 1. The molecule has 1 rings (SSSR count). The normalized spacial score (nSPS) is 10.9. The standard InChI is InChI=1S/C12H16N2O3/c1-4-17-11-7-5-10(6-8-11)9(2)13-14-12(15)16-3/h5-8H,4H2,1-3H3,(H,14,15)/b13-9+. The molecule has 0 unspecified atom stereocenters. The third-order valence-electron chi connectivity index (χ3n) is 2.08. The summed E-state index contributed by atoms with van der Waals surface area (Å²) in [6.45, 7) is 4.36. The Labute approximate surface area is 100 Å². The summed E-state index contributed by atoms with van der Waals surface area (Å²) in [4.78, 5) is 10.8. The Kier molecular flexibility index (Phi) is 5.00. The Balaban J connectivity index is 2.68. The zero-order valence-electron chi connectivity index (χ0n) is 10.2. The van der Waals surface area contributed by atoms with Gasteiger partial charge in [-0.3, -0.25) is 0 Å². The second-order valence-corrected chi connectivity index (χ2v) is 3.26. The van der Waals surface area contributed by atoms with E-state index in [2.05, 4.69) is 15.3 Å². The van der Waals surface area contributed by atoms with Crippen molar-refractivity contribution in [3.8, 4) is 5.75 Å². The number of hydrazone groups is 1.